The highest BCUT2D eigenvalue weighted by molar-refractivity contribution is 5.70. The van der Waals surface area contributed by atoms with Gasteiger partial charge >= 0.3 is 0 Å². The fraction of sp³-hybridized carbons (Fsp3) is 0.429. The molecule has 0 bridgehead atoms. The van der Waals surface area contributed by atoms with E-state index in [1.165, 1.54) is 0 Å². The molecule has 2 aromatic heterocycles. The molecule has 0 spiro atoms. The zero-order valence-corrected chi connectivity index (χ0v) is 16.9. The molecular formula is C21H26N4O4. The number of aromatic nitrogens is 3. The predicted octanol–water partition coefficient (Wildman–Crippen LogP) is 3.14. The number of nitrogens with zero attached hydrogens (tertiary/aromatic N) is 3. The van der Waals surface area contributed by atoms with E-state index >= 15 is 0 Å². The fourth-order valence-electron chi connectivity index (χ4n) is 3.81. The molecule has 154 valence electrons. The van der Waals surface area contributed by atoms with Crippen LogP contribution in [0.2, 0.25) is 0 Å². The van der Waals surface area contributed by atoms with E-state index in [0.29, 0.717) is 23.3 Å². The summed E-state index contributed by atoms with van der Waals surface area (Å²) in [5, 5.41) is 17.9. The number of benzene rings is 1. The van der Waals surface area contributed by atoms with Gasteiger partial charge in [-0.3, -0.25) is 0 Å². The van der Waals surface area contributed by atoms with Crippen LogP contribution in [0.1, 0.15) is 25.7 Å². The zero-order valence-electron chi connectivity index (χ0n) is 16.9. The van der Waals surface area contributed by atoms with Gasteiger partial charge in [0.2, 0.25) is 5.75 Å². The van der Waals surface area contributed by atoms with Gasteiger partial charge in [0.15, 0.2) is 17.1 Å². The minimum Gasteiger partial charge on any atom is -0.493 e. The molecule has 0 amide bonds. The Morgan fingerprint density at radius 1 is 1.00 bits per heavy atom. The summed E-state index contributed by atoms with van der Waals surface area (Å²) in [6, 6.07) is 7.96. The molecule has 0 atom stereocenters. The molecule has 1 aliphatic rings. The van der Waals surface area contributed by atoms with Gasteiger partial charge in [0, 0.05) is 11.6 Å². The van der Waals surface area contributed by atoms with Gasteiger partial charge in [-0.25, -0.2) is 9.50 Å². The van der Waals surface area contributed by atoms with Crippen molar-refractivity contribution in [2.45, 2.75) is 37.8 Å². The molecule has 1 saturated carbocycles. The first-order valence-electron chi connectivity index (χ1n) is 9.72. The molecule has 0 radical (unpaired) electrons. The van der Waals surface area contributed by atoms with Crippen molar-refractivity contribution >= 4 is 11.5 Å². The van der Waals surface area contributed by atoms with E-state index in [-0.39, 0.29) is 6.10 Å². The molecule has 0 aliphatic heterocycles. The molecule has 0 unspecified atom stereocenters. The SMILES string of the molecule is COc1cc(-c2cnc3ccc(N[C@H]4CC[C@H](O)CC4)nn23)cc(OC)c1OC. The number of fused-ring (bicyclic) bond motifs is 1. The lowest BCUT2D eigenvalue weighted by Gasteiger charge is -2.26. The van der Waals surface area contributed by atoms with Crippen molar-refractivity contribution in [3.05, 3.63) is 30.5 Å². The summed E-state index contributed by atoms with van der Waals surface area (Å²) in [6.07, 6.45) is 5.12. The summed E-state index contributed by atoms with van der Waals surface area (Å²) >= 11 is 0. The zero-order chi connectivity index (χ0) is 20.4. The minimum absolute atomic E-state index is 0.177. The number of nitrogens with one attached hydrogen (secondary N) is 1. The van der Waals surface area contributed by atoms with Crippen LogP contribution in [-0.2, 0) is 0 Å². The highest BCUT2D eigenvalue weighted by Gasteiger charge is 2.20. The van der Waals surface area contributed by atoms with Gasteiger partial charge in [-0.05, 0) is 49.9 Å². The molecule has 1 aromatic carbocycles. The van der Waals surface area contributed by atoms with Crippen LogP contribution >= 0.6 is 0 Å². The lowest BCUT2D eigenvalue weighted by Crippen LogP contribution is -2.28. The van der Waals surface area contributed by atoms with Crippen molar-refractivity contribution < 1.29 is 19.3 Å². The highest BCUT2D eigenvalue weighted by atomic mass is 16.5. The average molecular weight is 398 g/mol. The Balaban J connectivity index is 1.69. The summed E-state index contributed by atoms with van der Waals surface area (Å²) in [4.78, 5) is 4.47. The van der Waals surface area contributed by atoms with E-state index in [4.69, 9.17) is 19.3 Å². The molecule has 2 N–H and O–H groups in total. The Bertz CT molecular complexity index is 971. The highest BCUT2D eigenvalue weighted by Crippen LogP contribution is 2.41. The van der Waals surface area contributed by atoms with Crippen LogP contribution in [0.25, 0.3) is 16.9 Å². The number of methoxy groups -OCH3 is 3. The van der Waals surface area contributed by atoms with Gasteiger partial charge in [-0.2, -0.15) is 0 Å². The van der Waals surface area contributed by atoms with E-state index < -0.39 is 0 Å². The van der Waals surface area contributed by atoms with Crippen LogP contribution in [0.15, 0.2) is 30.5 Å². The van der Waals surface area contributed by atoms with Crippen molar-refractivity contribution in [1.29, 1.82) is 0 Å². The number of rotatable bonds is 6. The molecule has 4 rings (SSSR count). The maximum absolute atomic E-state index is 9.71. The Morgan fingerprint density at radius 2 is 1.69 bits per heavy atom. The fourth-order valence-corrected chi connectivity index (χ4v) is 3.81. The molecule has 0 saturated heterocycles. The van der Waals surface area contributed by atoms with Crippen LogP contribution < -0.4 is 19.5 Å². The van der Waals surface area contributed by atoms with Gasteiger partial charge in [-0.15, -0.1) is 5.10 Å². The third kappa shape index (κ3) is 3.80. The average Bonchev–Trinajstić information content (AvgIpc) is 3.17. The first kappa shape index (κ1) is 19.3. The standard InChI is InChI=1S/C21H26N4O4/c1-27-17-10-13(11-18(28-2)21(17)29-3)16-12-22-20-9-8-19(24-25(16)20)23-14-4-6-15(26)7-5-14/h8-12,14-15,26H,4-7H2,1-3H3,(H,23,24)/t14-,15-. The monoisotopic (exact) mass is 398 g/mol. The second kappa shape index (κ2) is 8.16. The lowest BCUT2D eigenvalue weighted by molar-refractivity contribution is 0.126. The van der Waals surface area contributed by atoms with Crippen molar-refractivity contribution in [3.8, 4) is 28.5 Å². The summed E-state index contributed by atoms with van der Waals surface area (Å²) in [6.45, 7) is 0. The summed E-state index contributed by atoms with van der Waals surface area (Å²) in [7, 11) is 4.77. The quantitative estimate of drug-likeness (QED) is 0.659. The number of hydrogen-bond donors (Lipinski definition) is 2. The van der Waals surface area contributed by atoms with Crippen molar-refractivity contribution in [2.24, 2.45) is 0 Å². The Kier molecular flexibility index (Phi) is 5.44. The largest absolute Gasteiger partial charge is 0.493 e. The third-order valence-corrected chi connectivity index (χ3v) is 5.37. The normalized spacial score (nSPS) is 19.2. The Morgan fingerprint density at radius 3 is 2.31 bits per heavy atom. The number of aliphatic hydroxyl groups is 1. The first-order chi connectivity index (χ1) is 14.1. The predicted molar refractivity (Wildman–Crippen MR) is 110 cm³/mol. The number of ether oxygens (including phenoxy) is 3. The topological polar surface area (TPSA) is 90.1 Å². The van der Waals surface area contributed by atoms with E-state index in [1.807, 2.05) is 24.3 Å². The Hall–Kier alpha value is -3.00. The van der Waals surface area contributed by atoms with Crippen LogP contribution in [-0.4, -0.2) is 53.2 Å². The summed E-state index contributed by atoms with van der Waals surface area (Å²) < 4.78 is 18.2. The maximum Gasteiger partial charge on any atom is 0.203 e. The molecule has 2 heterocycles. The minimum atomic E-state index is -0.177. The van der Waals surface area contributed by atoms with Crippen LogP contribution in [0.5, 0.6) is 17.2 Å². The number of hydrogen-bond acceptors (Lipinski definition) is 7. The molecule has 8 nitrogen and oxygen atoms in total. The van der Waals surface area contributed by atoms with Crippen molar-refractivity contribution in [1.82, 2.24) is 14.6 Å². The van der Waals surface area contributed by atoms with E-state index in [1.54, 1.807) is 32.0 Å². The lowest BCUT2D eigenvalue weighted by atomic mass is 9.93. The van der Waals surface area contributed by atoms with Crippen LogP contribution in [0.4, 0.5) is 5.82 Å². The van der Waals surface area contributed by atoms with Gasteiger partial charge in [0.1, 0.15) is 5.82 Å². The van der Waals surface area contributed by atoms with Crippen LogP contribution in [0.3, 0.4) is 0 Å². The molecule has 8 heteroatoms. The van der Waals surface area contributed by atoms with E-state index in [2.05, 4.69) is 10.3 Å². The molecule has 3 aromatic rings. The molecule has 29 heavy (non-hydrogen) atoms. The molecular weight excluding hydrogens is 372 g/mol. The van der Waals surface area contributed by atoms with Gasteiger partial charge in [0.05, 0.1) is 39.3 Å². The molecule has 1 fully saturated rings. The number of imidazole rings is 1. The van der Waals surface area contributed by atoms with Gasteiger partial charge in [-0.1, -0.05) is 0 Å². The second-order valence-electron chi connectivity index (χ2n) is 7.20. The van der Waals surface area contributed by atoms with Crippen molar-refractivity contribution in [2.75, 3.05) is 26.6 Å². The number of aliphatic hydroxyl groups excluding tert-OH is 1. The van der Waals surface area contributed by atoms with E-state index in [0.717, 1.165) is 48.4 Å². The van der Waals surface area contributed by atoms with Crippen LogP contribution in [0, 0.1) is 0 Å². The smallest absolute Gasteiger partial charge is 0.203 e. The van der Waals surface area contributed by atoms with Gasteiger partial charge in [0.25, 0.3) is 0 Å². The van der Waals surface area contributed by atoms with E-state index in [9.17, 15) is 5.11 Å². The number of anilines is 1. The summed E-state index contributed by atoms with van der Waals surface area (Å²) in [5.74, 6) is 2.48. The summed E-state index contributed by atoms with van der Waals surface area (Å²) in [5.41, 5.74) is 2.43. The second-order valence-corrected chi connectivity index (χ2v) is 7.20. The van der Waals surface area contributed by atoms with Crippen molar-refractivity contribution in [3.63, 3.8) is 0 Å². The Labute approximate surface area is 169 Å². The first-order valence-corrected chi connectivity index (χ1v) is 9.72. The maximum atomic E-state index is 9.71. The third-order valence-electron chi connectivity index (χ3n) is 5.37. The molecule has 1 aliphatic carbocycles. The van der Waals surface area contributed by atoms with Gasteiger partial charge < -0.3 is 24.6 Å².